The molecule has 2 N–H and O–H groups in total. The Hall–Kier alpha value is -2.72. The summed E-state index contributed by atoms with van der Waals surface area (Å²) in [5, 5.41) is 2.75. The van der Waals surface area contributed by atoms with Gasteiger partial charge in [-0.25, -0.2) is 13.2 Å². The number of methoxy groups -OCH3 is 2. The zero-order valence-electron chi connectivity index (χ0n) is 17.3. The van der Waals surface area contributed by atoms with E-state index in [0.29, 0.717) is 5.69 Å². The van der Waals surface area contributed by atoms with Gasteiger partial charge in [0.25, 0.3) is 10.0 Å². The first-order valence-corrected chi connectivity index (χ1v) is 11.6. The number of ether oxygens (including phenoxy) is 2. The number of rotatable bonds is 8. The average molecular weight is 453 g/mol. The number of carbonyl (C=O) groups is 2. The number of thioether (sulfide) groups is 1. The molecule has 0 saturated carbocycles. The van der Waals surface area contributed by atoms with Crippen LogP contribution in [0.1, 0.15) is 24.2 Å². The van der Waals surface area contributed by atoms with E-state index in [1.807, 2.05) is 6.26 Å². The third-order valence-corrected chi connectivity index (χ3v) is 6.29. The SMILES string of the molecule is COC(=O)c1ccc(OC)c(NS(=O)(=O)c2ccc(SC)c(NC(=O)C(C)C)c2)c1. The van der Waals surface area contributed by atoms with Gasteiger partial charge in [-0.2, -0.15) is 0 Å². The van der Waals surface area contributed by atoms with Gasteiger partial charge in [-0.3, -0.25) is 9.52 Å². The number of carbonyl (C=O) groups excluding carboxylic acids is 2. The van der Waals surface area contributed by atoms with Gasteiger partial charge < -0.3 is 14.8 Å². The van der Waals surface area contributed by atoms with Crippen LogP contribution in [0.4, 0.5) is 11.4 Å². The van der Waals surface area contributed by atoms with Crippen LogP contribution in [0.15, 0.2) is 46.2 Å². The lowest BCUT2D eigenvalue weighted by molar-refractivity contribution is -0.118. The molecule has 30 heavy (non-hydrogen) atoms. The van der Waals surface area contributed by atoms with Crippen molar-refractivity contribution >= 4 is 45.0 Å². The van der Waals surface area contributed by atoms with E-state index in [9.17, 15) is 18.0 Å². The zero-order valence-corrected chi connectivity index (χ0v) is 18.9. The van der Waals surface area contributed by atoms with Gasteiger partial charge in [0, 0.05) is 10.8 Å². The third-order valence-electron chi connectivity index (χ3n) is 4.13. The molecule has 0 heterocycles. The number of anilines is 2. The molecule has 0 bridgehead atoms. The smallest absolute Gasteiger partial charge is 0.337 e. The Labute approximate surface area is 180 Å². The molecule has 8 nitrogen and oxygen atoms in total. The predicted octanol–water partition coefficient (Wildman–Crippen LogP) is 3.60. The second-order valence-corrected chi connectivity index (χ2v) is 9.05. The first-order chi connectivity index (χ1) is 14.1. The second-order valence-electron chi connectivity index (χ2n) is 6.52. The number of hydrogen-bond acceptors (Lipinski definition) is 7. The highest BCUT2D eigenvalue weighted by Gasteiger charge is 2.21. The van der Waals surface area contributed by atoms with Crippen molar-refractivity contribution in [2.24, 2.45) is 5.92 Å². The minimum absolute atomic E-state index is 0.0510. The fourth-order valence-electron chi connectivity index (χ4n) is 2.47. The van der Waals surface area contributed by atoms with Gasteiger partial charge in [-0.15, -0.1) is 11.8 Å². The van der Waals surface area contributed by atoms with E-state index in [4.69, 9.17) is 4.74 Å². The average Bonchev–Trinajstić information content (AvgIpc) is 2.72. The zero-order chi connectivity index (χ0) is 22.5. The molecule has 0 unspecified atom stereocenters. The van der Waals surface area contributed by atoms with E-state index in [1.165, 1.54) is 56.3 Å². The van der Waals surface area contributed by atoms with Crippen LogP contribution in [0.25, 0.3) is 0 Å². The first kappa shape index (κ1) is 23.6. The minimum atomic E-state index is -4.04. The van der Waals surface area contributed by atoms with Crippen molar-refractivity contribution in [3.05, 3.63) is 42.0 Å². The van der Waals surface area contributed by atoms with Crippen LogP contribution in [0.5, 0.6) is 5.75 Å². The molecule has 0 spiro atoms. The molecular formula is C20H24N2O6S2. The van der Waals surface area contributed by atoms with Crippen LogP contribution in [0.2, 0.25) is 0 Å². The van der Waals surface area contributed by atoms with Gasteiger partial charge in [0.05, 0.1) is 36.1 Å². The van der Waals surface area contributed by atoms with E-state index >= 15 is 0 Å². The summed E-state index contributed by atoms with van der Waals surface area (Å²) in [5.74, 6) is -0.856. The molecule has 0 saturated heterocycles. The van der Waals surface area contributed by atoms with E-state index < -0.39 is 16.0 Å². The summed E-state index contributed by atoms with van der Waals surface area (Å²) in [6.45, 7) is 3.49. The number of benzene rings is 2. The van der Waals surface area contributed by atoms with Gasteiger partial charge in [0.1, 0.15) is 5.75 Å². The van der Waals surface area contributed by atoms with Crippen molar-refractivity contribution in [3.63, 3.8) is 0 Å². The van der Waals surface area contributed by atoms with Crippen molar-refractivity contribution in [1.82, 2.24) is 0 Å². The van der Waals surface area contributed by atoms with Crippen LogP contribution >= 0.6 is 11.8 Å². The highest BCUT2D eigenvalue weighted by atomic mass is 32.2. The van der Waals surface area contributed by atoms with E-state index in [2.05, 4.69) is 14.8 Å². The van der Waals surface area contributed by atoms with Crippen LogP contribution in [0.3, 0.4) is 0 Å². The predicted molar refractivity (Wildman–Crippen MR) is 117 cm³/mol. The number of sulfonamides is 1. The number of esters is 1. The van der Waals surface area contributed by atoms with E-state index in [1.54, 1.807) is 19.9 Å². The quantitative estimate of drug-likeness (QED) is 0.465. The minimum Gasteiger partial charge on any atom is -0.495 e. The number of amides is 1. The number of hydrogen-bond donors (Lipinski definition) is 2. The molecule has 0 aliphatic carbocycles. The Morgan fingerprint density at radius 1 is 1.03 bits per heavy atom. The lowest BCUT2D eigenvalue weighted by atomic mass is 10.2. The summed E-state index contributed by atoms with van der Waals surface area (Å²) in [7, 11) is -1.42. The summed E-state index contributed by atoms with van der Waals surface area (Å²) in [5.41, 5.74) is 0.653. The molecule has 0 aliphatic heterocycles. The summed E-state index contributed by atoms with van der Waals surface area (Å²) in [6.07, 6.45) is 1.83. The Bertz CT molecular complexity index is 1050. The standard InChI is InChI=1S/C20H24N2O6S2/c1-12(2)19(23)21-16-11-14(7-9-18(16)29-5)30(25,26)22-15-10-13(20(24)28-4)6-8-17(15)27-3/h6-12,22H,1-5H3,(H,21,23). The van der Waals surface area contributed by atoms with Crippen molar-refractivity contribution in [2.45, 2.75) is 23.6 Å². The highest BCUT2D eigenvalue weighted by molar-refractivity contribution is 7.98. The number of nitrogens with one attached hydrogen (secondary N) is 2. The Morgan fingerprint density at radius 3 is 2.30 bits per heavy atom. The molecule has 0 fully saturated rings. The molecule has 0 atom stereocenters. The molecular weight excluding hydrogens is 428 g/mol. The van der Waals surface area contributed by atoms with Crippen LogP contribution in [0, 0.1) is 5.92 Å². The molecule has 1 amide bonds. The van der Waals surface area contributed by atoms with Gasteiger partial charge in [0.2, 0.25) is 5.91 Å². The first-order valence-electron chi connectivity index (χ1n) is 8.91. The van der Waals surface area contributed by atoms with E-state index in [-0.39, 0.29) is 33.7 Å². The van der Waals surface area contributed by atoms with Crippen LogP contribution in [-0.2, 0) is 19.6 Å². The maximum atomic E-state index is 13.0. The van der Waals surface area contributed by atoms with Crippen molar-refractivity contribution < 1.29 is 27.5 Å². The Balaban J connectivity index is 2.45. The lowest BCUT2D eigenvalue weighted by Crippen LogP contribution is -2.19. The monoisotopic (exact) mass is 452 g/mol. The molecule has 0 aromatic heterocycles. The molecule has 0 radical (unpaired) electrons. The summed E-state index contributed by atoms with van der Waals surface area (Å²) in [4.78, 5) is 24.6. The molecule has 2 aromatic carbocycles. The fraction of sp³-hybridized carbons (Fsp3) is 0.300. The molecule has 10 heteroatoms. The van der Waals surface area contributed by atoms with Gasteiger partial charge >= 0.3 is 5.97 Å². The fourth-order valence-corrected chi connectivity index (χ4v) is 4.09. The molecule has 162 valence electrons. The normalized spacial score (nSPS) is 11.1. The Kier molecular flexibility index (Phi) is 7.74. The second kappa shape index (κ2) is 9.86. The van der Waals surface area contributed by atoms with Crippen LogP contribution in [-0.4, -0.2) is 40.8 Å². The van der Waals surface area contributed by atoms with Gasteiger partial charge in [-0.1, -0.05) is 13.8 Å². The molecule has 2 aromatic rings. The van der Waals surface area contributed by atoms with Gasteiger partial charge in [0.15, 0.2) is 0 Å². The Morgan fingerprint density at radius 2 is 1.73 bits per heavy atom. The third kappa shape index (κ3) is 5.45. The maximum Gasteiger partial charge on any atom is 0.337 e. The van der Waals surface area contributed by atoms with Gasteiger partial charge in [-0.05, 0) is 42.7 Å². The van der Waals surface area contributed by atoms with E-state index in [0.717, 1.165) is 4.90 Å². The summed E-state index contributed by atoms with van der Waals surface area (Å²) < 4.78 is 38.3. The summed E-state index contributed by atoms with van der Waals surface area (Å²) in [6, 6.07) is 8.72. The largest absolute Gasteiger partial charge is 0.495 e. The highest BCUT2D eigenvalue weighted by Crippen LogP contribution is 2.32. The van der Waals surface area contributed by atoms with Crippen LogP contribution < -0.4 is 14.8 Å². The maximum absolute atomic E-state index is 13.0. The lowest BCUT2D eigenvalue weighted by Gasteiger charge is -2.15. The topological polar surface area (TPSA) is 111 Å². The van der Waals surface area contributed by atoms with Crippen molar-refractivity contribution in [1.29, 1.82) is 0 Å². The van der Waals surface area contributed by atoms with Crippen molar-refractivity contribution in [3.8, 4) is 5.75 Å². The molecule has 2 rings (SSSR count). The molecule has 0 aliphatic rings. The van der Waals surface area contributed by atoms with Crippen molar-refractivity contribution in [2.75, 3.05) is 30.5 Å². The summed E-state index contributed by atoms with van der Waals surface area (Å²) >= 11 is 1.38.